The molecule has 3 aromatic rings. The number of amides is 3. The number of carbonyl (C=O) groups excluding carboxylic acids is 3. The Balaban J connectivity index is 1.32. The largest absolute Gasteiger partial charge is 0.493 e. The fourth-order valence-corrected chi connectivity index (χ4v) is 7.93. The number of piperidine rings is 2. The van der Waals surface area contributed by atoms with Gasteiger partial charge in [-0.2, -0.15) is 0 Å². The number of rotatable bonds is 7. The van der Waals surface area contributed by atoms with Crippen LogP contribution in [0.25, 0.3) is 0 Å². The average Bonchev–Trinajstić information content (AvgIpc) is 3.03. The van der Waals surface area contributed by atoms with E-state index in [-0.39, 0.29) is 36.4 Å². The molecule has 2 saturated heterocycles. The maximum atomic E-state index is 14.0. The highest BCUT2D eigenvalue weighted by molar-refractivity contribution is 6.30. The lowest BCUT2D eigenvalue weighted by atomic mass is 9.70. The predicted molar refractivity (Wildman–Crippen MR) is 181 cm³/mol. The lowest BCUT2D eigenvalue weighted by molar-refractivity contribution is -0.118. The number of halogens is 1. The first kappa shape index (κ1) is 33.6. The number of methoxy groups -OCH3 is 1. The van der Waals surface area contributed by atoms with Gasteiger partial charge in [-0.15, -0.1) is 0 Å². The van der Waals surface area contributed by atoms with Crippen molar-refractivity contribution in [3.8, 4) is 11.5 Å². The lowest BCUT2D eigenvalue weighted by Crippen LogP contribution is -2.57. The molecule has 3 heterocycles. The molecular weight excluding hydrogens is 634 g/mol. The Morgan fingerprint density at radius 3 is 2.23 bits per heavy atom. The number of fused-ring (bicyclic) bond motifs is 3. The second kappa shape index (κ2) is 13.3. The summed E-state index contributed by atoms with van der Waals surface area (Å²) in [6.45, 7) is 5.72. The number of benzene rings is 3. The monoisotopic (exact) mass is 675 g/mol. The molecule has 3 aromatic carbocycles. The molecule has 2 bridgehead atoms. The maximum Gasteiger partial charge on any atom is 0.419 e. The molecule has 4 unspecified atom stereocenters. The van der Waals surface area contributed by atoms with Crippen LogP contribution in [-0.4, -0.2) is 53.4 Å². The molecule has 10 nitrogen and oxygen atoms in total. The van der Waals surface area contributed by atoms with Crippen LogP contribution >= 0.6 is 11.6 Å². The number of anilines is 1. The van der Waals surface area contributed by atoms with Crippen molar-refractivity contribution in [1.82, 2.24) is 4.90 Å². The quantitative estimate of drug-likeness (QED) is 0.261. The third-order valence-electron chi connectivity index (χ3n) is 10.0. The third-order valence-corrected chi connectivity index (χ3v) is 10.3. The normalized spacial score (nSPS) is 23.3. The van der Waals surface area contributed by atoms with Gasteiger partial charge in [0.1, 0.15) is 0 Å². The predicted octanol–water partition coefficient (Wildman–Crippen LogP) is 6.87. The molecule has 11 heteroatoms. The second-order valence-electron chi connectivity index (χ2n) is 13.5. The highest BCUT2D eigenvalue weighted by atomic mass is 35.5. The van der Waals surface area contributed by atoms with E-state index in [1.165, 1.54) is 0 Å². The summed E-state index contributed by atoms with van der Waals surface area (Å²) in [5.41, 5.74) is 7.99. The van der Waals surface area contributed by atoms with Crippen molar-refractivity contribution in [3.05, 3.63) is 87.9 Å². The zero-order valence-electron chi connectivity index (χ0n) is 27.6. The fourth-order valence-electron chi connectivity index (χ4n) is 7.80. The summed E-state index contributed by atoms with van der Waals surface area (Å²) in [4.78, 5) is 41.3. The number of hydrogen-bond donors (Lipinski definition) is 2. The van der Waals surface area contributed by atoms with Crippen LogP contribution in [-0.2, 0) is 21.6 Å². The Kier molecular flexibility index (Phi) is 9.33. The first-order valence-corrected chi connectivity index (χ1v) is 16.8. The summed E-state index contributed by atoms with van der Waals surface area (Å²) >= 11 is 6.27. The highest BCUT2D eigenvalue weighted by Gasteiger charge is 2.47. The SMILES string of the molecule is COc1cc2c(cc1OC(C)C)C(c1ccc(Cl)cc1)N(c1ccc(C(C)(O)C3CC4CCCC(C3)N4C(=O)OC(N)=O)cc1)C(=O)C2. The topological polar surface area (TPSA) is 132 Å². The second-order valence-corrected chi connectivity index (χ2v) is 13.9. The Hall–Kier alpha value is -4.28. The van der Waals surface area contributed by atoms with E-state index in [1.54, 1.807) is 16.9 Å². The van der Waals surface area contributed by atoms with E-state index in [2.05, 4.69) is 0 Å². The van der Waals surface area contributed by atoms with Gasteiger partial charge in [-0.3, -0.25) is 4.79 Å². The van der Waals surface area contributed by atoms with Crippen LogP contribution in [0.15, 0.2) is 60.7 Å². The summed E-state index contributed by atoms with van der Waals surface area (Å²) in [5.74, 6) is 0.954. The first-order chi connectivity index (χ1) is 22.9. The van der Waals surface area contributed by atoms with E-state index in [1.807, 2.05) is 81.4 Å². The van der Waals surface area contributed by atoms with Gasteiger partial charge < -0.3 is 34.9 Å². The molecule has 48 heavy (non-hydrogen) atoms. The van der Waals surface area contributed by atoms with Crippen molar-refractivity contribution in [2.24, 2.45) is 11.7 Å². The van der Waals surface area contributed by atoms with Gasteiger partial charge in [0.2, 0.25) is 5.91 Å². The van der Waals surface area contributed by atoms with Gasteiger partial charge in [-0.05, 0) is 117 Å². The van der Waals surface area contributed by atoms with Crippen LogP contribution < -0.4 is 20.1 Å². The van der Waals surface area contributed by atoms with Gasteiger partial charge in [-0.1, -0.05) is 35.9 Å². The molecule has 4 atom stereocenters. The van der Waals surface area contributed by atoms with E-state index < -0.39 is 23.8 Å². The standard InChI is InChI=1S/C37H42ClN3O7/c1-21(2)47-32-20-30-23(16-31(32)46-4)17-33(42)41(34(30)22-8-12-26(38)13-9-22)27-14-10-24(11-15-27)37(3,45)25-18-28-6-5-7-29(19-25)40(28)36(44)48-35(39)43/h8-16,20-21,25,28-29,34,45H,5-7,17-19H2,1-4H3,(H2,39,43). The molecule has 6 rings (SSSR count). The van der Waals surface area contributed by atoms with Crippen LogP contribution in [0.5, 0.6) is 11.5 Å². The van der Waals surface area contributed by atoms with E-state index in [0.717, 1.165) is 36.0 Å². The smallest absolute Gasteiger partial charge is 0.419 e. The van der Waals surface area contributed by atoms with E-state index in [4.69, 9.17) is 31.5 Å². The summed E-state index contributed by atoms with van der Waals surface area (Å²) in [6.07, 6.45) is 1.85. The minimum atomic E-state index is -1.21. The van der Waals surface area contributed by atoms with Crippen molar-refractivity contribution in [2.75, 3.05) is 12.0 Å². The molecule has 3 N–H and O–H groups in total. The van der Waals surface area contributed by atoms with Crippen LogP contribution in [0.4, 0.5) is 15.3 Å². The van der Waals surface area contributed by atoms with Crippen molar-refractivity contribution in [3.63, 3.8) is 0 Å². The van der Waals surface area contributed by atoms with Gasteiger partial charge in [0.15, 0.2) is 11.5 Å². The van der Waals surface area contributed by atoms with Crippen molar-refractivity contribution in [2.45, 2.75) is 89.1 Å². The molecule has 254 valence electrons. The molecular formula is C37H42ClN3O7. The molecule has 0 radical (unpaired) electrons. The Morgan fingerprint density at radius 1 is 1.00 bits per heavy atom. The van der Waals surface area contributed by atoms with E-state index in [9.17, 15) is 19.5 Å². The zero-order chi connectivity index (χ0) is 34.3. The van der Waals surface area contributed by atoms with Crippen molar-refractivity contribution in [1.29, 1.82) is 0 Å². The molecule has 0 aliphatic carbocycles. The number of aliphatic hydroxyl groups is 1. The molecule has 3 amide bonds. The summed E-state index contributed by atoms with van der Waals surface area (Å²) in [5, 5.41) is 12.6. The number of nitrogens with zero attached hydrogens (tertiary/aromatic N) is 2. The maximum absolute atomic E-state index is 14.0. The summed E-state index contributed by atoms with van der Waals surface area (Å²) < 4.78 is 16.5. The number of ether oxygens (including phenoxy) is 3. The van der Waals surface area contributed by atoms with Gasteiger partial charge in [0.25, 0.3) is 0 Å². The Labute approximate surface area is 285 Å². The number of hydrogen-bond acceptors (Lipinski definition) is 7. The molecule has 2 fully saturated rings. The molecule has 0 spiro atoms. The van der Waals surface area contributed by atoms with E-state index >= 15 is 0 Å². The molecule has 0 aromatic heterocycles. The number of carbonyl (C=O) groups is 3. The summed E-state index contributed by atoms with van der Waals surface area (Å²) in [6, 6.07) is 18.1. The van der Waals surface area contributed by atoms with Gasteiger partial charge in [-0.25, -0.2) is 9.59 Å². The van der Waals surface area contributed by atoms with Crippen molar-refractivity contribution < 1.29 is 33.7 Å². The van der Waals surface area contributed by atoms with Crippen LogP contribution in [0.2, 0.25) is 5.02 Å². The number of primary amides is 1. The van der Waals surface area contributed by atoms with Crippen LogP contribution in [0.1, 0.15) is 81.2 Å². The average molecular weight is 676 g/mol. The molecule has 3 aliphatic heterocycles. The van der Waals surface area contributed by atoms with Gasteiger partial charge >= 0.3 is 12.2 Å². The first-order valence-electron chi connectivity index (χ1n) is 16.4. The fraction of sp³-hybridized carbons (Fsp3) is 0.432. The van der Waals surface area contributed by atoms with Crippen LogP contribution in [0, 0.1) is 5.92 Å². The lowest BCUT2D eigenvalue weighted by Gasteiger charge is -2.51. The number of nitrogens with two attached hydrogens (primary N) is 1. The molecule has 3 aliphatic rings. The highest BCUT2D eigenvalue weighted by Crippen LogP contribution is 2.47. The van der Waals surface area contributed by atoms with Gasteiger partial charge in [0, 0.05) is 22.8 Å². The third kappa shape index (κ3) is 6.43. The minimum absolute atomic E-state index is 0.0791. The minimum Gasteiger partial charge on any atom is -0.493 e. The van der Waals surface area contributed by atoms with Gasteiger partial charge in [0.05, 0.1) is 31.3 Å². The summed E-state index contributed by atoms with van der Waals surface area (Å²) in [7, 11) is 1.59. The molecule has 0 saturated carbocycles. The zero-order valence-corrected chi connectivity index (χ0v) is 28.4. The van der Waals surface area contributed by atoms with Crippen molar-refractivity contribution >= 4 is 35.4 Å². The van der Waals surface area contributed by atoms with E-state index in [0.29, 0.717) is 40.6 Å². The van der Waals surface area contributed by atoms with Crippen LogP contribution in [0.3, 0.4) is 0 Å². The Bertz CT molecular complexity index is 1680. The Morgan fingerprint density at radius 2 is 1.65 bits per heavy atom.